The van der Waals surface area contributed by atoms with Crippen LogP contribution in [0.5, 0.6) is 0 Å². The first-order chi connectivity index (χ1) is 9.40. The van der Waals surface area contributed by atoms with E-state index < -0.39 is 0 Å². The Bertz CT molecular complexity index is 463. The molecule has 1 aromatic rings. The molecule has 0 unspecified atom stereocenters. The molecule has 0 spiro atoms. The molecule has 2 N–H and O–H groups in total. The van der Waals surface area contributed by atoms with E-state index in [1.807, 2.05) is 19.9 Å². The Balaban J connectivity index is 2.23. The van der Waals surface area contributed by atoms with E-state index in [9.17, 15) is 4.39 Å². The number of halogens is 1. The quantitative estimate of drug-likeness (QED) is 0.923. The van der Waals surface area contributed by atoms with Crippen LogP contribution in [0.1, 0.15) is 37.9 Å². The number of rotatable bonds is 3. The summed E-state index contributed by atoms with van der Waals surface area (Å²) in [6.45, 7) is 12.2. The molecule has 4 heteroatoms. The van der Waals surface area contributed by atoms with Gasteiger partial charge in [-0.3, -0.25) is 4.90 Å². The topological polar surface area (TPSA) is 32.5 Å². The number of anilines is 1. The lowest BCUT2D eigenvalue weighted by atomic mass is 10.0. The molecule has 1 fully saturated rings. The van der Waals surface area contributed by atoms with E-state index in [4.69, 9.17) is 5.73 Å². The minimum atomic E-state index is -0.165. The first kappa shape index (κ1) is 15.3. The van der Waals surface area contributed by atoms with Gasteiger partial charge in [0.15, 0.2) is 0 Å². The molecule has 20 heavy (non-hydrogen) atoms. The van der Waals surface area contributed by atoms with Crippen molar-refractivity contribution in [2.75, 3.05) is 31.1 Å². The molecule has 1 aliphatic heterocycles. The Morgan fingerprint density at radius 3 is 2.20 bits per heavy atom. The van der Waals surface area contributed by atoms with Gasteiger partial charge in [0.2, 0.25) is 0 Å². The largest absolute Gasteiger partial charge is 0.369 e. The first-order valence-electron chi connectivity index (χ1n) is 7.44. The Morgan fingerprint density at radius 1 is 1.10 bits per heavy atom. The summed E-state index contributed by atoms with van der Waals surface area (Å²) in [6.07, 6.45) is 0. The highest BCUT2D eigenvalue weighted by Crippen LogP contribution is 2.29. The average Bonchev–Trinajstić information content (AvgIpc) is 2.41. The summed E-state index contributed by atoms with van der Waals surface area (Å²) in [4.78, 5) is 4.81. The van der Waals surface area contributed by atoms with E-state index in [2.05, 4.69) is 23.6 Å². The van der Waals surface area contributed by atoms with Crippen molar-refractivity contribution >= 4 is 5.69 Å². The molecule has 1 aliphatic rings. The summed E-state index contributed by atoms with van der Waals surface area (Å²) in [5.74, 6) is -0.165. The minimum Gasteiger partial charge on any atom is -0.369 e. The Morgan fingerprint density at radius 2 is 1.70 bits per heavy atom. The van der Waals surface area contributed by atoms with Gasteiger partial charge in [0, 0.05) is 44.0 Å². The fourth-order valence-electron chi connectivity index (χ4n) is 2.80. The Kier molecular flexibility index (Phi) is 4.66. The number of aryl methyl sites for hydroxylation is 1. The standard InChI is InChI=1S/C16H26FN3/c1-11(2)19-5-7-20(8-6-19)16-9-12(3)15(17)10-14(16)13(4)18/h9-11,13H,5-8,18H2,1-4H3/t13-/m0/s1. The summed E-state index contributed by atoms with van der Waals surface area (Å²) >= 11 is 0. The molecular weight excluding hydrogens is 253 g/mol. The molecule has 112 valence electrons. The van der Waals surface area contributed by atoms with E-state index >= 15 is 0 Å². The molecule has 1 saturated heterocycles. The number of hydrogen-bond donors (Lipinski definition) is 1. The Labute approximate surface area is 121 Å². The van der Waals surface area contributed by atoms with Crippen LogP contribution in [0, 0.1) is 12.7 Å². The van der Waals surface area contributed by atoms with Crippen LogP contribution in [-0.4, -0.2) is 37.1 Å². The fraction of sp³-hybridized carbons (Fsp3) is 0.625. The molecule has 1 aromatic carbocycles. The zero-order valence-electron chi connectivity index (χ0n) is 13.0. The van der Waals surface area contributed by atoms with Gasteiger partial charge in [-0.25, -0.2) is 4.39 Å². The normalized spacial score (nSPS) is 18.6. The van der Waals surface area contributed by atoms with Gasteiger partial charge in [0.1, 0.15) is 5.82 Å². The van der Waals surface area contributed by atoms with Crippen LogP contribution in [0.2, 0.25) is 0 Å². The van der Waals surface area contributed by atoms with Gasteiger partial charge >= 0.3 is 0 Å². The van der Waals surface area contributed by atoms with Crippen molar-refractivity contribution in [3.05, 3.63) is 29.1 Å². The van der Waals surface area contributed by atoms with E-state index in [1.54, 1.807) is 6.07 Å². The van der Waals surface area contributed by atoms with E-state index in [0.29, 0.717) is 11.6 Å². The molecule has 1 heterocycles. The predicted octanol–water partition coefficient (Wildman–Crippen LogP) is 2.68. The highest BCUT2D eigenvalue weighted by atomic mass is 19.1. The summed E-state index contributed by atoms with van der Waals surface area (Å²) in [7, 11) is 0. The smallest absolute Gasteiger partial charge is 0.126 e. The molecule has 3 nitrogen and oxygen atoms in total. The third-order valence-corrected chi connectivity index (χ3v) is 4.18. The molecule has 0 amide bonds. The van der Waals surface area contributed by atoms with Crippen molar-refractivity contribution in [2.24, 2.45) is 5.73 Å². The maximum atomic E-state index is 13.8. The molecule has 2 rings (SSSR count). The number of hydrogen-bond acceptors (Lipinski definition) is 3. The van der Waals surface area contributed by atoms with Crippen LogP contribution in [0.3, 0.4) is 0 Å². The summed E-state index contributed by atoms with van der Waals surface area (Å²) in [6, 6.07) is 3.98. The molecular formula is C16H26FN3. The number of benzene rings is 1. The predicted molar refractivity (Wildman–Crippen MR) is 82.7 cm³/mol. The minimum absolute atomic E-state index is 0.150. The number of nitrogens with zero attached hydrogens (tertiary/aromatic N) is 2. The first-order valence-corrected chi connectivity index (χ1v) is 7.44. The summed E-state index contributed by atoms with van der Waals surface area (Å²) < 4.78 is 13.8. The molecule has 1 atom stereocenters. The van der Waals surface area contributed by atoms with Crippen LogP contribution >= 0.6 is 0 Å². The second kappa shape index (κ2) is 6.10. The molecule has 0 saturated carbocycles. The lowest BCUT2D eigenvalue weighted by Gasteiger charge is -2.39. The van der Waals surface area contributed by atoms with E-state index in [0.717, 1.165) is 37.4 Å². The molecule has 0 aliphatic carbocycles. The fourth-order valence-corrected chi connectivity index (χ4v) is 2.80. The van der Waals surface area contributed by atoms with Crippen LogP contribution in [0.15, 0.2) is 12.1 Å². The van der Waals surface area contributed by atoms with Crippen LogP contribution < -0.4 is 10.6 Å². The van der Waals surface area contributed by atoms with Gasteiger partial charge in [0.05, 0.1) is 0 Å². The van der Waals surface area contributed by atoms with Crippen LogP contribution in [0.4, 0.5) is 10.1 Å². The molecule has 0 bridgehead atoms. The molecule has 0 aromatic heterocycles. The Hall–Kier alpha value is -1.13. The highest BCUT2D eigenvalue weighted by molar-refractivity contribution is 5.57. The number of piperazine rings is 1. The van der Waals surface area contributed by atoms with Gasteiger partial charge in [0.25, 0.3) is 0 Å². The van der Waals surface area contributed by atoms with E-state index in [1.165, 1.54) is 0 Å². The summed E-state index contributed by atoms with van der Waals surface area (Å²) in [5, 5.41) is 0. The van der Waals surface area contributed by atoms with Crippen molar-refractivity contribution in [3.8, 4) is 0 Å². The number of nitrogens with two attached hydrogens (primary N) is 1. The SMILES string of the molecule is Cc1cc(N2CCN(C(C)C)CC2)c([C@H](C)N)cc1F. The molecule has 0 radical (unpaired) electrons. The monoisotopic (exact) mass is 279 g/mol. The second-order valence-electron chi connectivity index (χ2n) is 6.07. The third kappa shape index (κ3) is 3.13. The van der Waals surface area contributed by atoms with Crippen molar-refractivity contribution < 1.29 is 4.39 Å². The zero-order chi connectivity index (χ0) is 14.9. The maximum Gasteiger partial charge on any atom is 0.126 e. The zero-order valence-corrected chi connectivity index (χ0v) is 13.0. The third-order valence-electron chi connectivity index (χ3n) is 4.18. The van der Waals surface area contributed by atoms with Gasteiger partial charge in [-0.15, -0.1) is 0 Å². The lowest BCUT2D eigenvalue weighted by Crippen LogP contribution is -2.49. The lowest BCUT2D eigenvalue weighted by molar-refractivity contribution is 0.209. The van der Waals surface area contributed by atoms with Crippen molar-refractivity contribution in [1.82, 2.24) is 4.90 Å². The van der Waals surface area contributed by atoms with Crippen LogP contribution in [-0.2, 0) is 0 Å². The van der Waals surface area contributed by atoms with E-state index in [-0.39, 0.29) is 11.9 Å². The van der Waals surface area contributed by atoms with Gasteiger partial charge in [-0.1, -0.05) is 0 Å². The van der Waals surface area contributed by atoms with Gasteiger partial charge < -0.3 is 10.6 Å². The van der Waals surface area contributed by atoms with Crippen LogP contribution in [0.25, 0.3) is 0 Å². The average molecular weight is 279 g/mol. The highest BCUT2D eigenvalue weighted by Gasteiger charge is 2.22. The van der Waals surface area contributed by atoms with Gasteiger partial charge in [-0.05, 0) is 51.0 Å². The maximum absolute atomic E-state index is 13.8. The summed E-state index contributed by atoms with van der Waals surface area (Å²) in [5.41, 5.74) is 8.71. The van der Waals surface area contributed by atoms with Gasteiger partial charge in [-0.2, -0.15) is 0 Å². The van der Waals surface area contributed by atoms with Crippen molar-refractivity contribution in [1.29, 1.82) is 0 Å². The van der Waals surface area contributed by atoms with Crippen molar-refractivity contribution in [2.45, 2.75) is 39.8 Å². The van der Waals surface area contributed by atoms with Crippen molar-refractivity contribution in [3.63, 3.8) is 0 Å². The second-order valence-corrected chi connectivity index (χ2v) is 6.07.